The summed E-state index contributed by atoms with van der Waals surface area (Å²) in [6.45, 7) is 4.08. The van der Waals surface area contributed by atoms with E-state index >= 15 is 0 Å². The molecule has 0 saturated heterocycles. The van der Waals surface area contributed by atoms with E-state index in [0.717, 1.165) is 16.6 Å². The third-order valence-electron chi connectivity index (χ3n) is 3.19. The lowest BCUT2D eigenvalue weighted by atomic mass is 10.1. The van der Waals surface area contributed by atoms with Crippen LogP contribution in [0, 0.1) is 5.82 Å². The molecule has 0 fully saturated rings. The van der Waals surface area contributed by atoms with E-state index in [1.54, 1.807) is 6.07 Å². The van der Waals surface area contributed by atoms with Gasteiger partial charge in [-0.2, -0.15) is 0 Å². The minimum absolute atomic E-state index is 0.0623. The molecule has 100 valence electrons. The van der Waals surface area contributed by atoms with Crippen LogP contribution in [0.25, 0.3) is 0 Å². The molecule has 0 amide bonds. The van der Waals surface area contributed by atoms with Crippen molar-refractivity contribution >= 4 is 21.6 Å². The first-order chi connectivity index (χ1) is 9.11. The summed E-state index contributed by atoms with van der Waals surface area (Å²) in [6, 6.07) is 12.9. The molecular weight excluding hydrogens is 305 g/mol. The molecule has 1 atom stereocenters. The maximum Gasteiger partial charge on any atom is 0.128 e. The number of hydrogen-bond donors (Lipinski definition) is 1. The Bertz CT molecular complexity index is 568. The van der Waals surface area contributed by atoms with Crippen LogP contribution >= 0.6 is 15.9 Å². The summed E-state index contributed by atoms with van der Waals surface area (Å²) in [5.41, 5.74) is 2.96. The Morgan fingerprint density at radius 3 is 2.63 bits per heavy atom. The summed E-state index contributed by atoms with van der Waals surface area (Å²) in [5.74, 6) is -0.169. The number of halogens is 2. The molecule has 2 aromatic rings. The Morgan fingerprint density at radius 1 is 1.21 bits per heavy atom. The van der Waals surface area contributed by atoms with E-state index in [-0.39, 0.29) is 11.9 Å². The fourth-order valence-corrected chi connectivity index (χ4v) is 2.54. The van der Waals surface area contributed by atoms with Gasteiger partial charge in [0.05, 0.1) is 6.04 Å². The number of aryl methyl sites for hydroxylation is 1. The highest BCUT2D eigenvalue weighted by atomic mass is 79.9. The van der Waals surface area contributed by atoms with Crippen molar-refractivity contribution in [3.05, 3.63) is 63.9 Å². The zero-order valence-corrected chi connectivity index (χ0v) is 12.7. The molecule has 1 unspecified atom stereocenters. The molecule has 1 nitrogen and oxygen atoms in total. The Balaban J connectivity index is 2.24. The van der Waals surface area contributed by atoms with Crippen LogP contribution in [-0.4, -0.2) is 0 Å². The van der Waals surface area contributed by atoms with Gasteiger partial charge in [-0.05, 0) is 43.2 Å². The molecule has 0 radical (unpaired) electrons. The molecule has 0 heterocycles. The minimum atomic E-state index is -0.169. The van der Waals surface area contributed by atoms with E-state index < -0.39 is 0 Å². The molecular formula is C16H17BrFN. The van der Waals surface area contributed by atoms with Gasteiger partial charge in [-0.3, -0.25) is 0 Å². The largest absolute Gasteiger partial charge is 0.378 e. The Kier molecular flexibility index (Phi) is 4.59. The molecule has 0 aromatic heterocycles. The third-order valence-corrected chi connectivity index (χ3v) is 3.69. The van der Waals surface area contributed by atoms with Crippen LogP contribution in [-0.2, 0) is 6.42 Å². The second-order valence-electron chi connectivity index (χ2n) is 4.54. The lowest BCUT2D eigenvalue weighted by Gasteiger charge is -2.19. The number of hydrogen-bond acceptors (Lipinski definition) is 1. The van der Waals surface area contributed by atoms with Crippen LogP contribution in [0.2, 0.25) is 0 Å². The second-order valence-corrected chi connectivity index (χ2v) is 5.46. The van der Waals surface area contributed by atoms with Crippen molar-refractivity contribution in [1.29, 1.82) is 0 Å². The summed E-state index contributed by atoms with van der Waals surface area (Å²) in [4.78, 5) is 0. The standard InChI is InChI=1S/C16H17BrFN/c1-3-12-10-13(17)8-9-16(12)19-11(2)14-6-4-5-7-15(14)18/h4-11,19H,3H2,1-2H3. The van der Waals surface area contributed by atoms with Crippen molar-refractivity contribution in [2.45, 2.75) is 26.3 Å². The highest BCUT2D eigenvalue weighted by molar-refractivity contribution is 9.10. The Labute approximate surface area is 122 Å². The van der Waals surface area contributed by atoms with Gasteiger partial charge in [0.1, 0.15) is 5.82 Å². The lowest BCUT2D eigenvalue weighted by Crippen LogP contribution is -2.10. The third kappa shape index (κ3) is 3.35. The van der Waals surface area contributed by atoms with Gasteiger partial charge in [0.2, 0.25) is 0 Å². The summed E-state index contributed by atoms with van der Waals surface area (Å²) < 4.78 is 14.8. The van der Waals surface area contributed by atoms with Gasteiger partial charge in [0.15, 0.2) is 0 Å². The molecule has 1 N–H and O–H groups in total. The zero-order chi connectivity index (χ0) is 13.8. The highest BCUT2D eigenvalue weighted by Crippen LogP contribution is 2.26. The van der Waals surface area contributed by atoms with Crippen molar-refractivity contribution in [2.75, 3.05) is 5.32 Å². The fraction of sp³-hybridized carbons (Fsp3) is 0.250. The Hall–Kier alpha value is -1.35. The Morgan fingerprint density at radius 2 is 1.95 bits per heavy atom. The van der Waals surface area contributed by atoms with Gasteiger partial charge in [-0.25, -0.2) is 4.39 Å². The topological polar surface area (TPSA) is 12.0 Å². The van der Waals surface area contributed by atoms with Crippen LogP contribution in [0.15, 0.2) is 46.9 Å². The molecule has 2 rings (SSSR count). The van der Waals surface area contributed by atoms with Crippen LogP contribution in [0.4, 0.5) is 10.1 Å². The monoisotopic (exact) mass is 321 g/mol. The van der Waals surface area contributed by atoms with Crippen molar-refractivity contribution in [2.24, 2.45) is 0 Å². The summed E-state index contributed by atoms with van der Waals surface area (Å²) in [6.07, 6.45) is 0.936. The molecule has 0 spiro atoms. The maximum absolute atomic E-state index is 13.7. The molecule has 0 saturated carbocycles. The molecule has 0 aliphatic carbocycles. The van der Waals surface area contributed by atoms with E-state index in [0.29, 0.717) is 5.56 Å². The van der Waals surface area contributed by atoms with Gasteiger partial charge >= 0.3 is 0 Å². The van der Waals surface area contributed by atoms with E-state index in [9.17, 15) is 4.39 Å². The van der Waals surface area contributed by atoms with Crippen LogP contribution in [0.1, 0.15) is 31.0 Å². The summed E-state index contributed by atoms with van der Waals surface area (Å²) in [5, 5.41) is 3.38. The van der Waals surface area contributed by atoms with Crippen LogP contribution in [0.3, 0.4) is 0 Å². The molecule has 2 aromatic carbocycles. The summed E-state index contributed by atoms with van der Waals surface area (Å²) >= 11 is 3.47. The fourth-order valence-electron chi connectivity index (χ4n) is 2.13. The van der Waals surface area contributed by atoms with Gasteiger partial charge in [0, 0.05) is 15.7 Å². The molecule has 0 bridgehead atoms. The number of nitrogens with one attached hydrogen (secondary N) is 1. The molecule has 3 heteroatoms. The van der Waals surface area contributed by atoms with E-state index in [1.165, 1.54) is 11.6 Å². The van der Waals surface area contributed by atoms with Crippen molar-refractivity contribution in [3.8, 4) is 0 Å². The van der Waals surface area contributed by atoms with E-state index in [2.05, 4.69) is 34.2 Å². The van der Waals surface area contributed by atoms with Crippen LogP contribution in [0.5, 0.6) is 0 Å². The van der Waals surface area contributed by atoms with Crippen molar-refractivity contribution < 1.29 is 4.39 Å². The van der Waals surface area contributed by atoms with Crippen molar-refractivity contribution in [3.63, 3.8) is 0 Å². The first kappa shape index (κ1) is 14.1. The number of benzene rings is 2. The van der Waals surface area contributed by atoms with Crippen LogP contribution < -0.4 is 5.32 Å². The van der Waals surface area contributed by atoms with Gasteiger partial charge in [-0.15, -0.1) is 0 Å². The second kappa shape index (κ2) is 6.20. The van der Waals surface area contributed by atoms with Gasteiger partial charge < -0.3 is 5.32 Å². The summed E-state index contributed by atoms with van der Waals surface area (Å²) in [7, 11) is 0. The SMILES string of the molecule is CCc1cc(Br)ccc1NC(C)c1ccccc1F. The first-order valence-electron chi connectivity index (χ1n) is 6.41. The normalized spacial score (nSPS) is 12.2. The predicted octanol–water partition coefficient (Wildman–Crippen LogP) is 5.32. The first-order valence-corrected chi connectivity index (χ1v) is 7.20. The average molecular weight is 322 g/mol. The molecule has 0 aliphatic rings. The highest BCUT2D eigenvalue weighted by Gasteiger charge is 2.11. The van der Waals surface area contributed by atoms with Gasteiger partial charge in [-0.1, -0.05) is 41.1 Å². The molecule has 0 aliphatic heterocycles. The maximum atomic E-state index is 13.7. The number of rotatable bonds is 4. The smallest absolute Gasteiger partial charge is 0.128 e. The van der Waals surface area contributed by atoms with E-state index in [1.807, 2.05) is 31.2 Å². The number of anilines is 1. The average Bonchev–Trinajstić information content (AvgIpc) is 2.41. The quantitative estimate of drug-likeness (QED) is 0.803. The minimum Gasteiger partial charge on any atom is -0.378 e. The predicted molar refractivity (Wildman–Crippen MR) is 82.0 cm³/mol. The molecule has 19 heavy (non-hydrogen) atoms. The zero-order valence-electron chi connectivity index (χ0n) is 11.1. The van der Waals surface area contributed by atoms with E-state index in [4.69, 9.17) is 0 Å². The lowest BCUT2D eigenvalue weighted by molar-refractivity contribution is 0.600. The van der Waals surface area contributed by atoms with Crippen molar-refractivity contribution in [1.82, 2.24) is 0 Å². The van der Waals surface area contributed by atoms with Gasteiger partial charge in [0.25, 0.3) is 0 Å².